The summed E-state index contributed by atoms with van der Waals surface area (Å²) in [6.45, 7) is 7.29. The minimum atomic E-state index is -1.05. The van der Waals surface area contributed by atoms with E-state index in [9.17, 15) is 4.79 Å². The third-order valence-corrected chi connectivity index (χ3v) is 2.75. The van der Waals surface area contributed by atoms with Gasteiger partial charge in [-0.1, -0.05) is 30.4 Å². The summed E-state index contributed by atoms with van der Waals surface area (Å²) >= 11 is 0. The van der Waals surface area contributed by atoms with Crippen LogP contribution in [0.5, 0.6) is 0 Å². The van der Waals surface area contributed by atoms with Gasteiger partial charge in [0.15, 0.2) is 5.60 Å². The molecular weight excluding hydrogens is 240 g/mol. The first kappa shape index (κ1) is 15.1. The zero-order chi connectivity index (χ0) is 14.1. The topological polar surface area (TPSA) is 64.3 Å². The fourth-order valence-corrected chi connectivity index (χ4v) is 1.84. The molecule has 0 aliphatic rings. The lowest BCUT2D eigenvalue weighted by atomic mass is 9.93. The molecule has 0 saturated heterocycles. The molecule has 0 fully saturated rings. The Balaban J connectivity index is 2.92. The van der Waals surface area contributed by atoms with E-state index in [1.165, 1.54) is 0 Å². The van der Waals surface area contributed by atoms with Gasteiger partial charge in [-0.15, -0.1) is 13.2 Å². The molecule has 1 amide bonds. The number of nitrogens with one attached hydrogen (secondary N) is 1. The third kappa shape index (κ3) is 4.05. The number of hydrogen-bond acceptors (Lipinski definition) is 3. The molecular formula is C15H20N2O2. The van der Waals surface area contributed by atoms with Crippen molar-refractivity contribution in [3.05, 3.63) is 55.6 Å². The van der Waals surface area contributed by atoms with Crippen LogP contribution in [0.3, 0.4) is 0 Å². The highest BCUT2D eigenvalue weighted by molar-refractivity contribution is 5.97. The summed E-state index contributed by atoms with van der Waals surface area (Å²) in [5, 5.41) is 2.82. The third-order valence-electron chi connectivity index (χ3n) is 2.75. The predicted octanol–water partition coefficient (Wildman–Crippen LogP) is 2.45. The monoisotopic (exact) mass is 260 g/mol. The Hall–Kier alpha value is -1.91. The Morgan fingerprint density at radius 1 is 1.26 bits per heavy atom. The molecule has 0 aliphatic heterocycles. The highest BCUT2D eigenvalue weighted by Gasteiger charge is 2.37. The highest BCUT2D eigenvalue weighted by Crippen LogP contribution is 2.24. The van der Waals surface area contributed by atoms with Crippen molar-refractivity contribution in [1.82, 2.24) is 0 Å². The van der Waals surface area contributed by atoms with Gasteiger partial charge >= 0.3 is 0 Å². The Kier molecular flexibility index (Phi) is 5.99. The Labute approximate surface area is 114 Å². The molecule has 0 saturated carbocycles. The SMILES string of the molecule is C=CCC(CC=C)(OCN)C(=O)Nc1ccccc1. The summed E-state index contributed by atoms with van der Waals surface area (Å²) in [6, 6.07) is 9.21. The van der Waals surface area contributed by atoms with Gasteiger partial charge in [-0.25, -0.2) is 0 Å². The summed E-state index contributed by atoms with van der Waals surface area (Å²) in [7, 11) is 0. The standard InChI is InChI=1S/C15H20N2O2/c1-3-10-15(11-4-2,19-12-16)14(18)17-13-8-6-5-7-9-13/h3-9H,1-2,10-12,16H2,(H,17,18). The molecule has 3 N–H and O–H groups in total. The van der Waals surface area contributed by atoms with E-state index in [-0.39, 0.29) is 12.6 Å². The number of carbonyl (C=O) groups excluding carboxylic acids is 1. The first-order chi connectivity index (χ1) is 9.18. The van der Waals surface area contributed by atoms with Crippen molar-refractivity contribution in [2.24, 2.45) is 5.73 Å². The van der Waals surface area contributed by atoms with Crippen LogP contribution >= 0.6 is 0 Å². The average Bonchev–Trinajstić information content (AvgIpc) is 2.40. The number of hydrogen-bond donors (Lipinski definition) is 2. The van der Waals surface area contributed by atoms with E-state index in [1.54, 1.807) is 12.2 Å². The normalized spacial score (nSPS) is 10.8. The molecule has 0 aliphatic carbocycles. The predicted molar refractivity (Wildman–Crippen MR) is 77.6 cm³/mol. The zero-order valence-corrected chi connectivity index (χ0v) is 11.0. The van der Waals surface area contributed by atoms with Crippen LogP contribution in [0.25, 0.3) is 0 Å². The second-order valence-electron chi connectivity index (χ2n) is 4.11. The molecule has 19 heavy (non-hydrogen) atoms. The summed E-state index contributed by atoms with van der Waals surface area (Å²) in [5.74, 6) is -0.246. The van der Waals surface area contributed by atoms with Crippen molar-refractivity contribution in [3.8, 4) is 0 Å². The number of benzene rings is 1. The summed E-state index contributed by atoms with van der Waals surface area (Å²) in [5.41, 5.74) is 5.10. The molecule has 0 atom stereocenters. The van der Waals surface area contributed by atoms with E-state index in [4.69, 9.17) is 10.5 Å². The van der Waals surface area contributed by atoms with Crippen LogP contribution in [-0.4, -0.2) is 18.2 Å². The van der Waals surface area contributed by atoms with Gasteiger partial charge in [0.25, 0.3) is 5.91 Å². The zero-order valence-electron chi connectivity index (χ0n) is 11.0. The molecule has 0 bridgehead atoms. The van der Waals surface area contributed by atoms with E-state index in [1.807, 2.05) is 30.3 Å². The number of nitrogens with two attached hydrogens (primary N) is 1. The number of carbonyl (C=O) groups is 1. The molecule has 0 spiro atoms. The molecule has 4 heteroatoms. The van der Waals surface area contributed by atoms with Crippen LogP contribution < -0.4 is 11.1 Å². The van der Waals surface area contributed by atoms with Gasteiger partial charge in [0.05, 0.1) is 6.73 Å². The van der Waals surface area contributed by atoms with Crippen molar-refractivity contribution < 1.29 is 9.53 Å². The molecule has 0 radical (unpaired) electrons. The molecule has 0 aromatic heterocycles. The number of para-hydroxylation sites is 1. The van der Waals surface area contributed by atoms with Crippen LogP contribution in [0.4, 0.5) is 5.69 Å². The molecule has 0 unspecified atom stereocenters. The molecule has 102 valence electrons. The Bertz CT molecular complexity index is 419. The van der Waals surface area contributed by atoms with Crippen LogP contribution in [0.1, 0.15) is 12.8 Å². The van der Waals surface area contributed by atoms with Crippen LogP contribution in [0.2, 0.25) is 0 Å². The molecule has 1 rings (SSSR count). The maximum absolute atomic E-state index is 12.4. The fourth-order valence-electron chi connectivity index (χ4n) is 1.84. The molecule has 1 aromatic carbocycles. The smallest absolute Gasteiger partial charge is 0.257 e. The fraction of sp³-hybridized carbons (Fsp3) is 0.267. The number of anilines is 1. The average molecular weight is 260 g/mol. The summed E-state index contributed by atoms with van der Waals surface area (Å²) in [6.07, 6.45) is 4.03. The Morgan fingerprint density at radius 2 is 1.84 bits per heavy atom. The lowest BCUT2D eigenvalue weighted by Gasteiger charge is -2.30. The van der Waals surface area contributed by atoms with Crippen molar-refractivity contribution in [1.29, 1.82) is 0 Å². The van der Waals surface area contributed by atoms with Gasteiger partial charge in [0.1, 0.15) is 0 Å². The van der Waals surface area contributed by atoms with Crippen molar-refractivity contribution >= 4 is 11.6 Å². The summed E-state index contributed by atoms with van der Waals surface area (Å²) in [4.78, 5) is 12.4. The van der Waals surface area contributed by atoms with E-state index in [2.05, 4.69) is 18.5 Å². The van der Waals surface area contributed by atoms with Crippen molar-refractivity contribution in [2.45, 2.75) is 18.4 Å². The van der Waals surface area contributed by atoms with E-state index >= 15 is 0 Å². The van der Waals surface area contributed by atoms with Gasteiger partial charge in [-0.3, -0.25) is 4.79 Å². The lowest BCUT2D eigenvalue weighted by molar-refractivity contribution is -0.140. The molecule has 1 aromatic rings. The quantitative estimate of drug-likeness (QED) is 0.557. The minimum Gasteiger partial charge on any atom is -0.350 e. The summed E-state index contributed by atoms with van der Waals surface area (Å²) < 4.78 is 5.47. The highest BCUT2D eigenvalue weighted by atomic mass is 16.5. The molecule has 0 heterocycles. The maximum atomic E-state index is 12.4. The van der Waals surface area contributed by atoms with Gasteiger partial charge in [0, 0.05) is 18.5 Å². The van der Waals surface area contributed by atoms with Crippen molar-refractivity contribution in [3.63, 3.8) is 0 Å². The van der Waals surface area contributed by atoms with Crippen LogP contribution in [0.15, 0.2) is 55.6 Å². The number of ether oxygens (including phenoxy) is 1. The van der Waals surface area contributed by atoms with Gasteiger partial charge < -0.3 is 15.8 Å². The Morgan fingerprint density at radius 3 is 2.32 bits per heavy atom. The minimum absolute atomic E-state index is 0.0378. The van der Waals surface area contributed by atoms with Gasteiger partial charge in [-0.2, -0.15) is 0 Å². The maximum Gasteiger partial charge on any atom is 0.257 e. The second-order valence-corrected chi connectivity index (χ2v) is 4.11. The first-order valence-corrected chi connectivity index (χ1v) is 6.11. The largest absolute Gasteiger partial charge is 0.350 e. The lowest BCUT2D eigenvalue weighted by Crippen LogP contribution is -2.46. The van der Waals surface area contributed by atoms with Crippen LogP contribution in [0, 0.1) is 0 Å². The van der Waals surface area contributed by atoms with E-state index in [0.29, 0.717) is 18.5 Å². The van der Waals surface area contributed by atoms with E-state index in [0.717, 1.165) is 0 Å². The number of amides is 1. The van der Waals surface area contributed by atoms with Crippen LogP contribution in [-0.2, 0) is 9.53 Å². The second kappa shape index (κ2) is 7.51. The number of rotatable bonds is 8. The van der Waals surface area contributed by atoms with Crippen molar-refractivity contribution in [2.75, 3.05) is 12.0 Å². The van der Waals surface area contributed by atoms with Gasteiger partial charge in [0.2, 0.25) is 0 Å². The first-order valence-electron chi connectivity index (χ1n) is 6.11. The van der Waals surface area contributed by atoms with Gasteiger partial charge in [-0.05, 0) is 12.1 Å². The molecule has 4 nitrogen and oxygen atoms in total. The van der Waals surface area contributed by atoms with E-state index < -0.39 is 5.60 Å².